The molecule has 40 heavy (non-hydrogen) atoms. The lowest BCUT2D eigenvalue weighted by atomic mass is 9.96. The Bertz CT molecular complexity index is 1580. The van der Waals surface area contributed by atoms with E-state index in [4.69, 9.17) is 20.0 Å². The fourth-order valence-electron chi connectivity index (χ4n) is 4.64. The van der Waals surface area contributed by atoms with Crippen molar-refractivity contribution in [1.29, 1.82) is 0 Å². The van der Waals surface area contributed by atoms with E-state index >= 15 is 0 Å². The van der Waals surface area contributed by atoms with Crippen molar-refractivity contribution in [3.63, 3.8) is 0 Å². The van der Waals surface area contributed by atoms with Crippen molar-refractivity contribution in [3.05, 3.63) is 119 Å². The number of rotatable bonds is 6. The zero-order chi connectivity index (χ0) is 28.2. The highest BCUT2D eigenvalue weighted by molar-refractivity contribution is 6.01. The molecule has 4 heterocycles. The van der Waals surface area contributed by atoms with Gasteiger partial charge in [0, 0.05) is 12.4 Å². The molecule has 198 valence electrons. The highest BCUT2D eigenvalue weighted by atomic mass is 14.9. The molecule has 5 rings (SSSR count). The minimum Gasteiger partial charge on any atom is -0.255 e. The Morgan fingerprint density at radius 3 is 1.20 bits per heavy atom. The van der Waals surface area contributed by atoms with Crippen LogP contribution in [0.3, 0.4) is 0 Å². The molecule has 0 radical (unpaired) electrons. The summed E-state index contributed by atoms with van der Waals surface area (Å²) in [5.74, 6) is 0. The predicted octanol–water partition coefficient (Wildman–Crippen LogP) is 8.12. The van der Waals surface area contributed by atoms with Crippen LogP contribution >= 0.6 is 0 Å². The van der Waals surface area contributed by atoms with E-state index in [1.807, 2.05) is 86.6 Å². The molecule has 0 N–H and O–H groups in total. The molecule has 0 bridgehead atoms. The van der Waals surface area contributed by atoms with Crippen LogP contribution in [0.5, 0.6) is 0 Å². The normalized spacial score (nSPS) is 12.1. The SMILES string of the molecule is CC(=Nc1c(C)c(C)c(N=C(C)c2cccc(-c3ccccn3)n2)c(C)c1C)c1cccc(-c2ccccn2)n1. The van der Waals surface area contributed by atoms with Gasteiger partial charge in [-0.1, -0.05) is 24.3 Å². The standard InChI is InChI=1S/C34H32N6/c1-21-22(2)34(38-26(6)28-16-12-18-32(40-28)30-14-8-10-20-36-30)24(4)23(3)33(21)37-25(5)27-15-11-17-31(39-27)29-13-7-9-19-35-29/h7-20H,1-6H3. The van der Waals surface area contributed by atoms with Crippen LogP contribution in [-0.2, 0) is 0 Å². The van der Waals surface area contributed by atoms with E-state index in [1.54, 1.807) is 12.4 Å². The number of pyridine rings is 4. The smallest absolute Gasteiger partial charge is 0.0894 e. The number of benzene rings is 1. The van der Waals surface area contributed by atoms with E-state index in [2.05, 4.69) is 37.7 Å². The van der Waals surface area contributed by atoms with Crippen LogP contribution in [-0.4, -0.2) is 31.4 Å². The quantitative estimate of drug-likeness (QED) is 0.210. The van der Waals surface area contributed by atoms with Crippen LogP contribution in [0.2, 0.25) is 0 Å². The van der Waals surface area contributed by atoms with E-state index in [1.165, 1.54) is 0 Å². The largest absolute Gasteiger partial charge is 0.255 e. The Morgan fingerprint density at radius 1 is 0.475 bits per heavy atom. The van der Waals surface area contributed by atoms with Crippen molar-refractivity contribution in [2.75, 3.05) is 0 Å². The Labute approximate surface area is 235 Å². The molecule has 6 heteroatoms. The lowest BCUT2D eigenvalue weighted by Gasteiger charge is -2.17. The van der Waals surface area contributed by atoms with Gasteiger partial charge >= 0.3 is 0 Å². The van der Waals surface area contributed by atoms with Crippen LogP contribution in [0, 0.1) is 27.7 Å². The molecule has 0 saturated carbocycles. The maximum Gasteiger partial charge on any atom is 0.0894 e. The second-order valence-electron chi connectivity index (χ2n) is 9.84. The van der Waals surface area contributed by atoms with Gasteiger partial charge in [-0.2, -0.15) is 0 Å². The molecule has 0 amide bonds. The van der Waals surface area contributed by atoms with Crippen molar-refractivity contribution in [3.8, 4) is 22.8 Å². The van der Waals surface area contributed by atoms with E-state index in [-0.39, 0.29) is 0 Å². The van der Waals surface area contributed by atoms with Crippen molar-refractivity contribution < 1.29 is 0 Å². The summed E-state index contributed by atoms with van der Waals surface area (Å²) in [4.78, 5) is 28.7. The lowest BCUT2D eigenvalue weighted by Crippen LogP contribution is -2.03. The van der Waals surface area contributed by atoms with Crippen molar-refractivity contribution in [1.82, 2.24) is 19.9 Å². The van der Waals surface area contributed by atoms with E-state index in [0.717, 1.165) is 79.2 Å². The molecule has 0 unspecified atom stereocenters. The third-order valence-corrected chi connectivity index (χ3v) is 7.20. The molecular formula is C34H32N6. The first-order valence-electron chi connectivity index (χ1n) is 13.3. The van der Waals surface area contributed by atoms with Gasteiger partial charge in [-0.25, -0.2) is 9.97 Å². The molecule has 0 spiro atoms. The van der Waals surface area contributed by atoms with Gasteiger partial charge in [-0.15, -0.1) is 0 Å². The molecule has 1 aromatic carbocycles. The monoisotopic (exact) mass is 524 g/mol. The Hall–Kier alpha value is -4.84. The molecule has 0 aliphatic carbocycles. The Kier molecular flexibility index (Phi) is 7.69. The van der Waals surface area contributed by atoms with E-state index < -0.39 is 0 Å². The van der Waals surface area contributed by atoms with Gasteiger partial charge in [0.25, 0.3) is 0 Å². The molecule has 0 saturated heterocycles. The summed E-state index contributed by atoms with van der Waals surface area (Å²) in [7, 11) is 0. The minimum absolute atomic E-state index is 0.828. The second kappa shape index (κ2) is 11.5. The van der Waals surface area contributed by atoms with Crippen LogP contribution in [0.4, 0.5) is 11.4 Å². The van der Waals surface area contributed by atoms with Crippen molar-refractivity contribution >= 4 is 22.8 Å². The Morgan fingerprint density at radius 2 is 0.850 bits per heavy atom. The highest BCUT2D eigenvalue weighted by Crippen LogP contribution is 2.38. The first-order valence-corrected chi connectivity index (χ1v) is 13.3. The number of hydrogen-bond donors (Lipinski definition) is 0. The van der Waals surface area contributed by atoms with Gasteiger partial charge in [0.1, 0.15) is 0 Å². The number of aromatic nitrogens is 4. The number of nitrogens with zero attached hydrogens (tertiary/aromatic N) is 6. The number of aliphatic imine (C=N–C) groups is 2. The number of hydrogen-bond acceptors (Lipinski definition) is 6. The second-order valence-corrected chi connectivity index (χ2v) is 9.84. The maximum atomic E-state index is 5.07. The fraction of sp³-hybridized carbons (Fsp3) is 0.176. The van der Waals surface area contributed by atoms with Gasteiger partial charge in [0.2, 0.25) is 0 Å². The zero-order valence-electron chi connectivity index (χ0n) is 23.8. The molecule has 0 fully saturated rings. The van der Waals surface area contributed by atoms with Crippen molar-refractivity contribution in [2.24, 2.45) is 9.98 Å². The molecule has 0 aliphatic rings. The van der Waals surface area contributed by atoms with Gasteiger partial charge in [-0.3, -0.25) is 20.0 Å². The van der Waals surface area contributed by atoms with Gasteiger partial charge in [-0.05, 0) is 112 Å². The third kappa shape index (κ3) is 5.47. The highest BCUT2D eigenvalue weighted by Gasteiger charge is 2.16. The van der Waals surface area contributed by atoms with Crippen molar-refractivity contribution in [2.45, 2.75) is 41.5 Å². The van der Waals surface area contributed by atoms with Gasteiger partial charge < -0.3 is 0 Å². The van der Waals surface area contributed by atoms with Crippen LogP contribution < -0.4 is 0 Å². The molecule has 6 nitrogen and oxygen atoms in total. The average molecular weight is 525 g/mol. The summed E-state index contributed by atoms with van der Waals surface area (Å²) in [6.45, 7) is 12.5. The summed E-state index contributed by atoms with van der Waals surface area (Å²) in [5, 5.41) is 0. The Balaban J connectivity index is 1.50. The molecular weight excluding hydrogens is 492 g/mol. The molecule has 4 aromatic heterocycles. The molecule has 0 aliphatic heterocycles. The van der Waals surface area contributed by atoms with Gasteiger partial charge in [0.15, 0.2) is 0 Å². The minimum atomic E-state index is 0.828. The lowest BCUT2D eigenvalue weighted by molar-refractivity contribution is 1.18. The third-order valence-electron chi connectivity index (χ3n) is 7.20. The molecule has 0 atom stereocenters. The summed E-state index contributed by atoms with van der Waals surface area (Å²) < 4.78 is 0. The summed E-state index contributed by atoms with van der Waals surface area (Å²) >= 11 is 0. The van der Waals surface area contributed by atoms with E-state index in [0.29, 0.717) is 0 Å². The van der Waals surface area contributed by atoms with Crippen LogP contribution in [0.25, 0.3) is 22.8 Å². The summed E-state index contributed by atoms with van der Waals surface area (Å²) in [6.07, 6.45) is 3.56. The average Bonchev–Trinajstić information content (AvgIpc) is 3.01. The summed E-state index contributed by atoms with van der Waals surface area (Å²) in [6, 6.07) is 23.6. The van der Waals surface area contributed by atoms with Gasteiger partial charge in [0.05, 0.1) is 57.0 Å². The van der Waals surface area contributed by atoms with Crippen LogP contribution in [0.15, 0.2) is 95.2 Å². The van der Waals surface area contributed by atoms with E-state index in [9.17, 15) is 0 Å². The topological polar surface area (TPSA) is 76.3 Å². The molecule has 5 aromatic rings. The van der Waals surface area contributed by atoms with Crippen LogP contribution in [0.1, 0.15) is 47.5 Å². The summed E-state index contributed by atoms with van der Waals surface area (Å²) in [5.41, 5.74) is 13.0. The maximum absolute atomic E-state index is 5.07. The first kappa shape index (κ1) is 26.8. The first-order chi connectivity index (χ1) is 19.3. The predicted molar refractivity (Wildman–Crippen MR) is 164 cm³/mol. The zero-order valence-corrected chi connectivity index (χ0v) is 23.8. The fourth-order valence-corrected chi connectivity index (χ4v) is 4.64.